The van der Waals surface area contributed by atoms with E-state index in [-0.39, 0.29) is 17.4 Å². The van der Waals surface area contributed by atoms with Gasteiger partial charge in [0.1, 0.15) is 11.8 Å². The number of nitrogens with zero attached hydrogens (tertiary/aromatic N) is 1. The summed E-state index contributed by atoms with van der Waals surface area (Å²) >= 11 is 1.46. The van der Waals surface area contributed by atoms with Crippen molar-refractivity contribution in [2.75, 3.05) is 5.75 Å². The molecular weight excluding hydrogens is 268 g/mol. The number of carboxylic acids is 1. The maximum Gasteiger partial charge on any atom is 0.327 e. The molecule has 0 saturated carbocycles. The lowest BCUT2D eigenvalue weighted by molar-refractivity contribution is -0.141. The molecule has 1 aliphatic heterocycles. The van der Waals surface area contributed by atoms with Crippen LogP contribution in [0.1, 0.15) is 25.6 Å². The molecule has 1 aromatic heterocycles. The van der Waals surface area contributed by atoms with Crippen molar-refractivity contribution in [3.8, 4) is 0 Å². The zero-order valence-corrected chi connectivity index (χ0v) is 11.5. The number of carbonyl (C=O) groups excluding carboxylic acids is 1. The van der Waals surface area contributed by atoms with Gasteiger partial charge in [0.15, 0.2) is 0 Å². The zero-order valence-electron chi connectivity index (χ0n) is 10.7. The number of furan rings is 1. The lowest BCUT2D eigenvalue weighted by atomic mass is 10.2. The largest absolute Gasteiger partial charge is 0.480 e. The number of amides is 2. The number of hydrogen-bond acceptors (Lipinski definition) is 4. The molecule has 0 radical (unpaired) electrons. The SMILES string of the molecule is CC(NC(=O)N1C(C)SCC1C(=O)O)c1ccco1. The van der Waals surface area contributed by atoms with Crippen molar-refractivity contribution in [3.05, 3.63) is 24.2 Å². The van der Waals surface area contributed by atoms with E-state index >= 15 is 0 Å². The van der Waals surface area contributed by atoms with Crippen LogP contribution in [0.3, 0.4) is 0 Å². The first-order valence-electron chi connectivity index (χ1n) is 5.97. The molecule has 2 heterocycles. The van der Waals surface area contributed by atoms with Crippen LogP contribution in [0.2, 0.25) is 0 Å². The predicted octanol–water partition coefficient (Wildman–Crippen LogP) is 1.90. The van der Waals surface area contributed by atoms with Gasteiger partial charge in [-0.25, -0.2) is 9.59 Å². The average Bonchev–Trinajstić information content (AvgIpc) is 2.96. The van der Waals surface area contributed by atoms with Crippen molar-refractivity contribution >= 4 is 23.8 Å². The molecule has 1 saturated heterocycles. The van der Waals surface area contributed by atoms with E-state index in [4.69, 9.17) is 9.52 Å². The molecule has 3 unspecified atom stereocenters. The van der Waals surface area contributed by atoms with Gasteiger partial charge in [-0.2, -0.15) is 0 Å². The fourth-order valence-electron chi connectivity index (χ4n) is 2.01. The Bertz CT molecular complexity index is 462. The third kappa shape index (κ3) is 2.86. The van der Waals surface area contributed by atoms with E-state index in [0.717, 1.165) is 0 Å². The summed E-state index contributed by atoms with van der Waals surface area (Å²) in [5.41, 5.74) is 0. The summed E-state index contributed by atoms with van der Waals surface area (Å²) in [4.78, 5) is 24.7. The Labute approximate surface area is 115 Å². The first-order valence-corrected chi connectivity index (χ1v) is 7.02. The van der Waals surface area contributed by atoms with Crippen molar-refractivity contribution in [1.82, 2.24) is 10.2 Å². The van der Waals surface area contributed by atoms with Crippen molar-refractivity contribution < 1.29 is 19.1 Å². The van der Waals surface area contributed by atoms with Crippen molar-refractivity contribution in [2.24, 2.45) is 0 Å². The molecule has 3 atom stereocenters. The van der Waals surface area contributed by atoms with Crippen molar-refractivity contribution in [1.29, 1.82) is 0 Å². The molecule has 2 N–H and O–H groups in total. The Hall–Kier alpha value is -1.63. The number of nitrogens with one attached hydrogen (secondary N) is 1. The van der Waals surface area contributed by atoms with E-state index < -0.39 is 12.0 Å². The van der Waals surface area contributed by atoms with Crippen molar-refractivity contribution in [2.45, 2.75) is 31.3 Å². The van der Waals surface area contributed by atoms with Crippen LogP contribution >= 0.6 is 11.8 Å². The molecule has 0 aromatic carbocycles. The van der Waals surface area contributed by atoms with E-state index in [2.05, 4.69) is 5.32 Å². The predicted molar refractivity (Wildman–Crippen MR) is 70.8 cm³/mol. The fourth-order valence-corrected chi connectivity index (χ4v) is 3.18. The van der Waals surface area contributed by atoms with Crippen LogP contribution in [0.15, 0.2) is 22.8 Å². The van der Waals surface area contributed by atoms with Gasteiger partial charge in [0.2, 0.25) is 0 Å². The third-order valence-corrected chi connectivity index (χ3v) is 4.27. The lowest BCUT2D eigenvalue weighted by Gasteiger charge is -2.26. The quantitative estimate of drug-likeness (QED) is 0.885. The molecule has 1 aliphatic rings. The van der Waals surface area contributed by atoms with Crippen LogP contribution in [0, 0.1) is 0 Å². The molecule has 6 nitrogen and oxygen atoms in total. The van der Waals surface area contributed by atoms with Gasteiger partial charge in [0, 0.05) is 5.75 Å². The van der Waals surface area contributed by atoms with E-state index in [1.165, 1.54) is 22.9 Å². The number of urea groups is 1. The first kappa shape index (κ1) is 13.8. The molecule has 2 amide bonds. The van der Waals surface area contributed by atoms with Gasteiger partial charge in [0.25, 0.3) is 0 Å². The van der Waals surface area contributed by atoms with Gasteiger partial charge < -0.3 is 14.8 Å². The zero-order chi connectivity index (χ0) is 14.0. The summed E-state index contributed by atoms with van der Waals surface area (Å²) in [5.74, 6) is 0.0800. The Kier molecular flexibility index (Phi) is 4.04. The first-order chi connectivity index (χ1) is 9.00. The van der Waals surface area contributed by atoms with Crippen LogP contribution in [0.5, 0.6) is 0 Å². The smallest absolute Gasteiger partial charge is 0.327 e. The molecule has 1 fully saturated rings. The lowest BCUT2D eigenvalue weighted by Crippen LogP contribution is -2.49. The molecule has 1 aromatic rings. The van der Waals surface area contributed by atoms with Gasteiger partial charge in [-0.3, -0.25) is 4.90 Å². The molecule has 7 heteroatoms. The Morgan fingerprint density at radius 1 is 1.63 bits per heavy atom. The average molecular weight is 284 g/mol. The number of hydrogen-bond donors (Lipinski definition) is 2. The minimum absolute atomic E-state index is 0.148. The highest BCUT2D eigenvalue weighted by atomic mass is 32.2. The van der Waals surface area contributed by atoms with Gasteiger partial charge in [-0.1, -0.05) is 0 Å². The van der Waals surface area contributed by atoms with Gasteiger partial charge in [-0.15, -0.1) is 11.8 Å². The summed E-state index contributed by atoms with van der Waals surface area (Å²) in [7, 11) is 0. The summed E-state index contributed by atoms with van der Waals surface area (Å²) in [5, 5.41) is 11.7. The number of carboxylic acid groups (broad SMARTS) is 1. The molecule has 19 heavy (non-hydrogen) atoms. The van der Waals surface area contributed by atoms with Crippen LogP contribution in [-0.2, 0) is 4.79 Å². The van der Waals surface area contributed by atoms with Gasteiger partial charge >= 0.3 is 12.0 Å². The Balaban J connectivity index is 2.04. The van der Waals surface area contributed by atoms with Crippen LogP contribution < -0.4 is 5.32 Å². The molecule has 104 valence electrons. The number of carbonyl (C=O) groups is 2. The Morgan fingerprint density at radius 3 is 2.95 bits per heavy atom. The highest BCUT2D eigenvalue weighted by Gasteiger charge is 2.39. The maximum atomic E-state index is 12.2. The summed E-state index contributed by atoms with van der Waals surface area (Å²) in [6.45, 7) is 3.62. The van der Waals surface area contributed by atoms with Crippen LogP contribution in [-0.4, -0.2) is 39.2 Å². The van der Waals surface area contributed by atoms with E-state index in [1.54, 1.807) is 19.1 Å². The van der Waals surface area contributed by atoms with Gasteiger partial charge in [-0.05, 0) is 26.0 Å². The molecule has 0 bridgehead atoms. The third-order valence-electron chi connectivity index (χ3n) is 3.05. The highest BCUT2D eigenvalue weighted by molar-refractivity contribution is 8.00. The number of thioether (sulfide) groups is 1. The summed E-state index contributed by atoms with van der Waals surface area (Å²) in [6, 6.07) is 2.06. The second-order valence-corrected chi connectivity index (χ2v) is 5.73. The minimum Gasteiger partial charge on any atom is -0.480 e. The maximum absolute atomic E-state index is 12.2. The minimum atomic E-state index is -0.974. The monoisotopic (exact) mass is 284 g/mol. The summed E-state index contributed by atoms with van der Waals surface area (Å²) in [6.07, 6.45) is 1.53. The second kappa shape index (κ2) is 5.56. The normalized spacial score (nSPS) is 24.2. The fraction of sp³-hybridized carbons (Fsp3) is 0.500. The number of aliphatic carboxylic acids is 1. The van der Waals surface area contributed by atoms with Crippen molar-refractivity contribution in [3.63, 3.8) is 0 Å². The number of rotatable bonds is 3. The molecular formula is C12H16N2O4S. The molecule has 0 aliphatic carbocycles. The standard InChI is InChI=1S/C12H16N2O4S/c1-7(10-4-3-5-18-10)13-12(17)14-8(2)19-6-9(14)11(15)16/h3-5,7-9H,6H2,1-2H3,(H,13,17)(H,15,16). The second-order valence-electron chi connectivity index (χ2n) is 4.38. The van der Waals surface area contributed by atoms with E-state index in [0.29, 0.717) is 11.5 Å². The van der Waals surface area contributed by atoms with Gasteiger partial charge in [0.05, 0.1) is 17.7 Å². The highest BCUT2D eigenvalue weighted by Crippen LogP contribution is 2.29. The summed E-state index contributed by atoms with van der Waals surface area (Å²) < 4.78 is 5.21. The van der Waals surface area contributed by atoms with Crippen LogP contribution in [0.25, 0.3) is 0 Å². The molecule has 0 spiro atoms. The van der Waals surface area contributed by atoms with E-state index in [9.17, 15) is 9.59 Å². The topological polar surface area (TPSA) is 82.8 Å². The Morgan fingerprint density at radius 2 is 2.37 bits per heavy atom. The van der Waals surface area contributed by atoms with Crippen LogP contribution in [0.4, 0.5) is 4.79 Å². The van der Waals surface area contributed by atoms with E-state index in [1.807, 2.05) is 6.92 Å². The molecule has 2 rings (SSSR count).